The molecule has 18 heavy (non-hydrogen) atoms. The Kier molecular flexibility index (Phi) is 3.84. The van der Waals surface area contributed by atoms with Crippen molar-refractivity contribution >= 4 is 28.4 Å². The van der Waals surface area contributed by atoms with Gasteiger partial charge >= 0.3 is 5.97 Å². The molecular formula is C12H9ClO4S. The van der Waals surface area contributed by atoms with E-state index in [4.69, 9.17) is 21.1 Å². The van der Waals surface area contributed by atoms with Crippen LogP contribution in [0, 0.1) is 0 Å². The van der Waals surface area contributed by atoms with E-state index in [0.29, 0.717) is 5.02 Å². The summed E-state index contributed by atoms with van der Waals surface area (Å²) in [7, 11) is -1.41. The first kappa shape index (κ1) is 12.9. The van der Waals surface area contributed by atoms with Gasteiger partial charge in [-0.15, -0.1) is 0 Å². The van der Waals surface area contributed by atoms with E-state index in [1.54, 1.807) is 24.3 Å². The lowest BCUT2D eigenvalue weighted by atomic mass is 10.2. The molecule has 0 saturated heterocycles. The topological polar surface area (TPSA) is 67.5 Å². The van der Waals surface area contributed by atoms with Crippen molar-refractivity contribution in [1.82, 2.24) is 0 Å². The first-order valence-corrected chi connectivity index (χ1v) is 6.72. The van der Waals surface area contributed by atoms with Gasteiger partial charge in [-0.3, -0.25) is 4.21 Å². The molecule has 94 valence electrons. The molecule has 1 unspecified atom stereocenters. The van der Waals surface area contributed by atoms with Crippen molar-refractivity contribution in [2.24, 2.45) is 0 Å². The molecule has 0 saturated carbocycles. The smallest absolute Gasteiger partial charge is 0.371 e. The van der Waals surface area contributed by atoms with Gasteiger partial charge in [-0.2, -0.15) is 0 Å². The van der Waals surface area contributed by atoms with Crippen LogP contribution in [0.2, 0.25) is 5.02 Å². The minimum absolute atomic E-state index is 0.155. The monoisotopic (exact) mass is 284 g/mol. The summed E-state index contributed by atoms with van der Waals surface area (Å²) >= 11 is 5.74. The maximum absolute atomic E-state index is 11.9. The van der Waals surface area contributed by atoms with Crippen molar-refractivity contribution in [3.8, 4) is 0 Å². The summed E-state index contributed by atoms with van der Waals surface area (Å²) in [5.41, 5.74) is 0.839. The van der Waals surface area contributed by atoms with E-state index in [2.05, 4.69) is 0 Å². The molecule has 1 N–H and O–H groups in total. The maximum atomic E-state index is 11.9. The molecule has 1 aromatic heterocycles. The standard InChI is InChI=1S/C12H9ClO4S/c13-9-3-1-8(2-4-9)7-18(16)11-6-5-10(17-11)12(14)15/h1-6H,7H2,(H,14,15). The van der Waals surface area contributed by atoms with E-state index < -0.39 is 16.8 Å². The van der Waals surface area contributed by atoms with Gasteiger partial charge in [0.1, 0.15) is 0 Å². The van der Waals surface area contributed by atoms with Crippen LogP contribution in [0.3, 0.4) is 0 Å². The minimum atomic E-state index is -1.41. The largest absolute Gasteiger partial charge is 0.475 e. The van der Waals surface area contributed by atoms with Gasteiger partial charge in [0.05, 0.1) is 16.6 Å². The van der Waals surface area contributed by atoms with Crippen LogP contribution in [0.15, 0.2) is 45.9 Å². The van der Waals surface area contributed by atoms with Crippen molar-refractivity contribution < 1.29 is 18.5 Å². The Morgan fingerprint density at radius 2 is 1.89 bits per heavy atom. The number of hydrogen-bond donors (Lipinski definition) is 1. The Labute approximate surface area is 111 Å². The zero-order chi connectivity index (χ0) is 13.1. The summed E-state index contributed by atoms with van der Waals surface area (Å²) in [5, 5.41) is 9.45. The molecule has 0 fully saturated rings. The Morgan fingerprint density at radius 1 is 1.22 bits per heavy atom. The Bertz CT molecular complexity index is 588. The number of hydrogen-bond acceptors (Lipinski definition) is 3. The third kappa shape index (κ3) is 3.00. The van der Waals surface area contributed by atoms with Crippen LogP contribution >= 0.6 is 11.6 Å². The third-order valence-electron chi connectivity index (χ3n) is 2.23. The van der Waals surface area contributed by atoms with Crippen molar-refractivity contribution in [1.29, 1.82) is 0 Å². The average Bonchev–Trinajstić information content (AvgIpc) is 2.81. The number of benzene rings is 1. The Hall–Kier alpha value is -1.59. The Balaban J connectivity index is 2.11. The van der Waals surface area contributed by atoms with E-state index in [9.17, 15) is 9.00 Å². The molecule has 1 aromatic carbocycles. The third-order valence-corrected chi connectivity index (χ3v) is 3.74. The second-order valence-electron chi connectivity index (χ2n) is 3.54. The predicted molar refractivity (Wildman–Crippen MR) is 67.2 cm³/mol. The first-order chi connectivity index (χ1) is 8.56. The first-order valence-electron chi connectivity index (χ1n) is 5.02. The highest BCUT2D eigenvalue weighted by Gasteiger charge is 2.14. The Morgan fingerprint density at radius 3 is 2.44 bits per heavy atom. The fourth-order valence-corrected chi connectivity index (χ4v) is 2.53. The molecule has 1 atom stereocenters. The summed E-state index contributed by atoms with van der Waals surface area (Å²) in [4.78, 5) is 10.6. The molecule has 6 heteroatoms. The molecular weight excluding hydrogens is 276 g/mol. The van der Waals surface area contributed by atoms with Crippen molar-refractivity contribution in [2.45, 2.75) is 10.8 Å². The molecule has 2 aromatic rings. The number of furan rings is 1. The van der Waals surface area contributed by atoms with E-state index in [1.165, 1.54) is 12.1 Å². The molecule has 0 bridgehead atoms. The van der Waals surface area contributed by atoms with Gasteiger partial charge in [-0.1, -0.05) is 23.7 Å². The number of halogens is 1. The van der Waals surface area contributed by atoms with Gasteiger partial charge in [0, 0.05) is 5.02 Å². The lowest BCUT2D eigenvalue weighted by molar-refractivity contribution is 0.0656. The van der Waals surface area contributed by atoms with E-state index in [0.717, 1.165) is 5.56 Å². The number of carboxylic acids is 1. The highest BCUT2D eigenvalue weighted by molar-refractivity contribution is 7.84. The van der Waals surface area contributed by atoms with Crippen LogP contribution in [0.4, 0.5) is 0 Å². The lowest BCUT2D eigenvalue weighted by Gasteiger charge is -1.99. The summed E-state index contributed by atoms with van der Waals surface area (Å²) in [6.45, 7) is 0. The van der Waals surface area contributed by atoms with Crippen LogP contribution in [0.5, 0.6) is 0 Å². The van der Waals surface area contributed by atoms with Gasteiger partial charge < -0.3 is 9.52 Å². The molecule has 0 amide bonds. The zero-order valence-electron chi connectivity index (χ0n) is 9.13. The van der Waals surface area contributed by atoms with Crippen molar-refractivity contribution in [3.05, 3.63) is 52.7 Å². The highest BCUT2D eigenvalue weighted by atomic mass is 35.5. The van der Waals surface area contributed by atoms with E-state index in [-0.39, 0.29) is 16.6 Å². The quantitative estimate of drug-likeness (QED) is 0.937. The van der Waals surface area contributed by atoms with Gasteiger partial charge in [0.25, 0.3) is 0 Å². The SMILES string of the molecule is O=C(O)c1ccc(S(=O)Cc2ccc(Cl)cc2)o1. The average molecular weight is 285 g/mol. The fraction of sp³-hybridized carbons (Fsp3) is 0.0833. The number of carboxylic acid groups (broad SMARTS) is 1. The molecule has 2 rings (SSSR count). The molecule has 4 nitrogen and oxygen atoms in total. The molecule has 0 spiro atoms. The van der Waals surface area contributed by atoms with Gasteiger partial charge in [0.2, 0.25) is 5.76 Å². The van der Waals surface area contributed by atoms with Crippen LogP contribution in [0.1, 0.15) is 16.1 Å². The summed E-state index contributed by atoms with van der Waals surface area (Å²) in [6, 6.07) is 9.65. The van der Waals surface area contributed by atoms with Crippen LogP contribution in [-0.2, 0) is 16.6 Å². The molecule has 0 aliphatic carbocycles. The number of rotatable bonds is 4. The minimum Gasteiger partial charge on any atom is -0.475 e. The zero-order valence-corrected chi connectivity index (χ0v) is 10.7. The summed E-state index contributed by atoms with van der Waals surface area (Å²) in [5.74, 6) is -1.14. The van der Waals surface area contributed by atoms with Crippen molar-refractivity contribution in [2.75, 3.05) is 0 Å². The molecule has 0 radical (unpaired) electrons. The predicted octanol–water partition coefficient (Wildman–Crippen LogP) is 2.94. The lowest BCUT2D eigenvalue weighted by Crippen LogP contribution is -1.96. The number of aromatic carboxylic acids is 1. The molecule has 1 heterocycles. The second-order valence-corrected chi connectivity index (χ2v) is 5.36. The van der Waals surface area contributed by atoms with Crippen molar-refractivity contribution in [3.63, 3.8) is 0 Å². The van der Waals surface area contributed by atoms with Crippen LogP contribution in [0.25, 0.3) is 0 Å². The molecule has 0 aliphatic heterocycles. The second kappa shape index (κ2) is 5.37. The fourth-order valence-electron chi connectivity index (χ4n) is 1.36. The van der Waals surface area contributed by atoms with Crippen LogP contribution in [-0.4, -0.2) is 15.3 Å². The summed E-state index contributed by atoms with van der Waals surface area (Å²) in [6.07, 6.45) is 0. The van der Waals surface area contributed by atoms with Gasteiger partial charge in [0.15, 0.2) is 5.09 Å². The number of carbonyl (C=O) groups is 1. The summed E-state index contributed by atoms with van der Waals surface area (Å²) < 4.78 is 16.9. The highest BCUT2D eigenvalue weighted by Crippen LogP contribution is 2.17. The van der Waals surface area contributed by atoms with E-state index in [1.807, 2.05) is 0 Å². The molecule has 0 aliphatic rings. The van der Waals surface area contributed by atoms with Crippen LogP contribution < -0.4 is 0 Å². The van der Waals surface area contributed by atoms with Gasteiger partial charge in [-0.05, 0) is 29.8 Å². The van der Waals surface area contributed by atoms with E-state index >= 15 is 0 Å². The normalized spacial score (nSPS) is 12.3. The van der Waals surface area contributed by atoms with Gasteiger partial charge in [-0.25, -0.2) is 4.79 Å². The maximum Gasteiger partial charge on any atom is 0.371 e.